The van der Waals surface area contributed by atoms with Crippen LogP contribution in [0.5, 0.6) is 0 Å². The lowest BCUT2D eigenvalue weighted by molar-refractivity contribution is 1.07. The van der Waals surface area contributed by atoms with Gasteiger partial charge in [-0.3, -0.25) is 0 Å². The molecule has 0 aliphatic carbocycles. The summed E-state index contributed by atoms with van der Waals surface area (Å²) in [5.41, 5.74) is 5.50. The molecule has 0 spiro atoms. The second-order valence-corrected chi connectivity index (χ2v) is 3.37. The summed E-state index contributed by atoms with van der Waals surface area (Å²) in [4.78, 5) is 5.78. The van der Waals surface area contributed by atoms with E-state index in [1.165, 1.54) is 0 Å². The van der Waals surface area contributed by atoms with Crippen molar-refractivity contribution in [3.8, 4) is 0 Å². The van der Waals surface area contributed by atoms with E-state index < -0.39 is 0 Å². The van der Waals surface area contributed by atoms with E-state index in [0.717, 1.165) is 0 Å². The first-order valence-electron chi connectivity index (χ1n) is 3.31. The highest BCUT2D eigenvalue weighted by Crippen LogP contribution is 2.28. The summed E-state index contributed by atoms with van der Waals surface area (Å²) in [6, 6.07) is 1.58. The molecule has 3 nitrogen and oxygen atoms in total. The summed E-state index contributed by atoms with van der Waals surface area (Å²) in [6.07, 6.45) is 0. The lowest BCUT2D eigenvalue weighted by Gasteiger charge is -2.13. The molecule has 1 aromatic heterocycles. The van der Waals surface area contributed by atoms with Crippen molar-refractivity contribution in [2.75, 3.05) is 24.7 Å². The summed E-state index contributed by atoms with van der Waals surface area (Å²) in [5.74, 6) is 0.920. The van der Waals surface area contributed by atoms with Gasteiger partial charge in [0.1, 0.15) is 11.6 Å². The largest absolute Gasteiger partial charge is 0.382 e. The van der Waals surface area contributed by atoms with E-state index >= 15 is 0 Å². The molecule has 1 rings (SSSR count). The van der Waals surface area contributed by atoms with Crippen molar-refractivity contribution in [3.05, 3.63) is 16.1 Å². The highest BCUT2D eigenvalue weighted by Gasteiger charge is 2.07. The van der Waals surface area contributed by atoms with E-state index in [-0.39, 0.29) is 0 Å². The molecule has 0 unspecified atom stereocenters. The maximum atomic E-state index is 5.85. The SMILES string of the molecule is CN(C)c1nc(N)c(Cl)cc1Cl. The van der Waals surface area contributed by atoms with Crippen molar-refractivity contribution >= 4 is 34.8 Å². The highest BCUT2D eigenvalue weighted by atomic mass is 35.5. The van der Waals surface area contributed by atoms with Gasteiger partial charge >= 0.3 is 0 Å². The van der Waals surface area contributed by atoms with Gasteiger partial charge in [0, 0.05) is 14.1 Å². The third kappa shape index (κ3) is 1.73. The van der Waals surface area contributed by atoms with Gasteiger partial charge in [-0.05, 0) is 6.07 Å². The molecule has 0 saturated carbocycles. The molecule has 0 radical (unpaired) electrons. The first-order valence-corrected chi connectivity index (χ1v) is 4.07. The quantitative estimate of drug-likeness (QED) is 0.764. The number of hydrogen-bond donors (Lipinski definition) is 1. The van der Waals surface area contributed by atoms with Crippen LogP contribution in [0.25, 0.3) is 0 Å². The van der Waals surface area contributed by atoms with Crippen LogP contribution < -0.4 is 10.6 Å². The van der Waals surface area contributed by atoms with Crippen LogP contribution >= 0.6 is 23.2 Å². The van der Waals surface area contributed by atoms with Crippen molar-refractivity contribution in [1.82, 2.24) is 4.98 Å². The van der Waals surface area contributed by atoms with E-state index in [9.17, 15) is 0 Å². The number of pyridine rings is 1. The van der Waals surface area contributed by atoms with E-state index in [2.05, 4.69) is 4.98 Å². The van der Waals surface area contributed by atoms with Gasteiger partial charge in [0.25, 0.3) is 0 Å². The predicted octanol–water partition coefficient (Wildman–Crippen LogP) is 2.04. The average molecular weight is 206 g/mol. The van der Waals surface area contributed by atoms with E-state index in [4.69, 9.17) is 28.9 Å². The van der Waals surface area contributed by atoms with Gasteiger partial charge in [0.05, 0.1) is 10.0 Å². The van der Waals surface area contributed by atoms with Crippen molar-refractivity contribution in [3.63, 3.8) is 0 Å². The fourth-order valence-corrected chi connectivity index (χ4v) is 1.31. The standard InChI is InChI=1S/C7H9Cl2N3/c1-12(2)7-5(9)3-4(8)6(10)11-7/h3H,1-2H3,(H2,10,11). The molecule has 0 aliphatic heterocycles. The first-order chi connectivity index (χ1) is 5.52. The van der Waals surface area contributed by atoms with Gasteiger partial charge in [-0.25, -0.2) is 4.98 Å². The van der Waals surface area contributed by atoms with Crippen LogP contribution in [0, 0.1) is 0 Å². The number of halogens is 2. The van der Waals surface area contributed by atoms with Crippen LogP contribution in [0.4, 0.5) is 11.6 Å². The Morgan fingerprint density at radius 1 is 1.33 bits per heavy atom. The summed E-state index contributed by atoms with van der Waals surface area (Å²) in [5, 5.41) is 0.879. The average Bonchev–Trinajstić information content (AvgIpc) is 1.96. The molecule has 0 saturated heterocycles. The molecule has 0 aromatic carbocycles. The third-order valence-electron chi connectivity index (χ3n) is 1.36. The topological polar surface area (TPSA) is 42.2 Å². The summed E-state index contributed by atoms with van der Waals surface area (Å²) in [6.45, 7) is 0. The smallest absolute Gasteiger partial charge is 0.149 e. The Bertz CT molecular complexity index is 299. The van der Waals surface area contributed by atoms with E-state index in [1.807, 2.05) is 14.1 Å². The normalized spacial score (nSPS) is 10.0. The van der Waals surface area contributed by atoms with Crippen LogP contribution in [-0.2, 0) is 0 Å². The number of hydrogen-bond acceptors (Lipinski definition) is 3. The van der Waals surface area contributed by atoms with Gasteiger partial charge < -0.3 is 10.6 Å². The monoisotopic (exact) mass is 205 g/mol. The maximum Gasteiger partial charge on any atom is 0.149 e. The van der Waals surface area contributed by atoms with Crippen molar-refractivity contribution in [2.45, 2.75) is 0 Å². The first kappa shape index (κ1) is 9.42. The van der Waals surface area contributed by atoms with Gasteiger partial charge in [-0.15, -0.1) is 0 Å². The molecular formula is C7H9Cl2N3. The number of anilines is 2. The fraction of sp³-hybridized carbons (Fsp3) is 0.286. The lowest BCUT2D eigenvalue weighted by atomic mass is 10.4. The Morgan fingerprint density at radius 3 is 2.42 bits per heavy atom. The Kier molecular flexibility index (Phi) is 2.65. The molecule has 1 aromatic rings. The van der Waals surface area contributed by atoms with E-state index in [1.54, 1.807) is 11.0 Å². The number of nitrogens with two attached hydrogens (primary N) is 1. The maximum absolute atomic E-state index is 5.85. The summed E-state index contributed by atoms with van der Waals surface area (Å²) in [7, 11) is 3.67. The van der Waals surface area contributed by atoms with Gasteiger partial charge in [0.15, 0.2) is 0 Å². The van der Waals surface area contributed by atoms with Crippen molar-refractivity contribution in [1.29, 1.82) is 0 Å². The highest BCUT2D eigenvalue weighted by molar-refractivity contribution is 6.37. The van der Waals surface area contributed by atoms with Gasteiger partial charge in [-0.1, -0.05) is 23.2 Å². The molecular weight excluding hydrogens is 197 g/mol. The number of nitrogen functional groups attached to an aromatic ring is 1. The Labute approximate surface area is 81.1 Å². The minimum Gasteiger partial charge on any atom is -0.382 e. The lowest BCUT2D eigenvalue weighted by Crippen LogP contribution is -2.12. The van der Waals surface area contributed by atoms with Crippen LogP contribution in [-0.4, -0.2) is 19.1 Å². The van der Waals surface area contributed by atoms with Crippen molar-refractivity contribution < 1.29 is 0 Å². The van der Waals surface area contributed by atoms with Crippen LogP contribution in [0.1, 0.15) is 0 Å². The zero-order valence-corrected chi connectivity index (χ0v) is 8.32. The molecule has 12 heavy (non-hydrogen) atoms. The minimum absolute atomic E-state index is 0.296. The molecule has 0 fully saturated rings. The van der Waals surface area contributed by atoms with Gasteiger partial charge in [-0.2, -0.15) is 0 Å². The number of nitrogens with zero attached hydrogens (tertiary/aromatic N) is 2. The molecule has 0 bridgehead atoms. The minimum atomic E-state index is 0.296. The molecule has 0 atom stereocenters. The number of rotatable bonds is 1. The summed E-state index contributed by atoms with van der Waals surface area (Å²) >= 11 is 11.6. The zero-order chi connectivity index (χ0) is 9.30. The van der Waals surface area contributed by atoms with Crippen molar-refractivity contribution in [2.24, 2.45) is 0 Å². The van der Waals surface area contributed by atoms with Crippen LogP contribution in [0.15, 0.2) is 6.07 Å². The molecule has 0 aliphatic rings. The second-order valence-electron chi connectivity index (χ2n) is 2.56. The number of aromatic nitrogens is 1. The molecule has 2 N–H and O–H groups in total. The van der Waals surface area contributed by atoms with Crippen LogP contribution in [0.3, 0.4) is 0 Å². The third-order valence-corrected chi connectivity index (χ3v) is 1.94. The molecule has 1 heterocycles. The molecule has 0 amide bonds. The predicted molar refractivity (Wildman–Crippen MR) is 53.0 cm³/mol. The zero-order valence-electron chi connectivity index (χ0n) is 6.81. The summed E-state index contributed by atoms with van der Waals surface area (Å²) < 4.78 is 0. The molecule has 66 valence electrons. The Hall–Kier alpha value is -0.670. The fourth-order valence-electron chi connectivity index (χ4n) is 0.784. The molecule has 5 heteroatoms. The van der Waals surface area contributed by atoms with Gasteiger partial charge in [0.2, 0.25) is 0 Å². The van der Waals surface area contributed by atoms with Crippen LogP contribution in [0.2, 0.25) is 10.0 Å². The van der Waals surface area contributed by atoms with E-state index in [0.29, 0.717) is 21.7 Å². The Balaban J connectivity index is 3.23. The second kappa shape index (κ2) is 3.37. The Morgan fingerprint density at radius 2 is 1.92 bits per heavy atom.